The Morgan fingerprint density at radius 2 is 1.97 bits per heavy atom. The lowest BCUT2D eigenvalue weighted by Crippen LogP contribution is -2.36. The van der Waals surface area contributed by atoms with Gasteiger partial charge < -0.3 is 14.5 Å². The number of aromatic nitrogens is 3. The number of hydrogen-bond donors (Lipinski definition) is 1. The number of benzene rings is 1. The Balaban J connectivity index is 1.82. The lowest BCUT2D eigenvalue weighted by molar-refractivity contribution is -0.189. The zero-order chi connectivity index (χ0) is 23.0. The molecule has 1 saturated heterocycles. The number of nitrogens with zero attached hydrogens (tertiary/aromatic N) is 3. The summed E-state index contributed by atoms with van der Waals surface area (Å²) in [4.78, 5) is 28.8. The number of halogens is 5. The summed E-state index contributed by atoms with van der Waals surface area (Å²) >= 11 is 12.1. The highest BCUT2D eigenvalue weighted by molar-refractivity contribution is 6.36. The molecule has 1 fully saturated rings. The molecule has 3 heterocycles. The first kappa shape index (κ1) is 22.6. The molecule has 32 heavy (non-hydrogen) atoms. The Morgan fingerprint density at radius 1 is 1.25 bits per heavy atom. The van der Waals surface area contributed by atoms with Gasteiger partial charge in [-0.1, -0.05) is 23.2 Å². The molecule has 13 heteroatoms. The number of carbonyl (C=O) groups is 1. The average Bonchev–Trinajstić information content (AvgIpc) is 3.05. The Morgan fingerprint density at radius 3 is 2.62 bits per heavy atom. The van der Waals surface area contributed by atoms with E-state index in [0.29, 0.717) is 36.9 Å². The van der Waals surface area contributed by atoms with Crippen LogP contribution in [-0.4, -0.2) is 57.9 Å². The Hall–Kier alpha value is -2.60. The molecule has 0 bridgehead atoms. The number of carbonyl (C=O) groups excluding carboxylic acids is 1. The van der Waals surface area contributed by atoms with Crippen molar-refractivity contribution in [3.05, 3.63) is 50.5 Å². The molecule has 1 aromatic carbocycles. The molecular weight excluding hydrogens is 476 g/mol. The number of hydrogen-bond acceptors (Lipinski definition) is 6. The normalized spacial score (nSPS) is 15.3. The SMILES string of the molecule is O=C(Oc1c(CN2CCOCC2)nn2cc(-c3ccc(Cl)cc3Cl)[nH]c(=O)c12)C(F)(F)F. The predicted molar refractivity (Wildman–Crippen MR) is 109 cm³/mol. The number of fused-ring (bicyclic) bond motifs is 1. The summed E-state index contributed by atoms with van der Waals surface area (Å²) in [7, 11) is 0. The van der Waals surface area contributed by atoms with E-state index in [0.717, 1.165) is 4.52 Å². The van der Waals surface area contributed by atoms with Crippen molar-refractivity contribution < 1.29 is 27.4 Å². The Kier molecular flexibility index (Phi) is 6.17. The van der Waals surface area contributed by atoms with Crippen LogP contribution >= 0.6 is 23.2 Å². The van der Waals surface area contributed by atoms with E-state index in [-0.39, 0.29) is 28.5 Å². The van der Waals surface area contributed by atoms with E-state index in [1.165, 1.54) is 12.3 Å². The van der Waals surface area contributed by atoms with Crippen molar-refractivity contribution in [1.82, 2.24) is 19.5 Å². The number of aromatic amines is 1. The van der Waals surface area contributed by atoms with E-state index in [9.17, 15) is 22.8 Å². The fourth-order valence-electron chi connectivity index (χ4n) is 3.28. The van der Waals surface area contributed by atoms with Gasteiger partial charge >= 0.3 is 12.1 Å². The van der Waals surface area contributed by atoms with Crippen LogP contribution in [0, 0.1) is 0 Å². The second-order valence-electron chi connectivity index (χ2n) is 6.97. The first-order valence-corrected chi connectivity index (χ1v) is 10.1. The molecule has 0 amide bonds. The summed E-state index contributed by atoms with van der Waals surface area (Å²) in [6.45, 7) is 1.93. The number of nitrogens with one attached hydrogen (secondary N) is 1. The van der Waals surface area contributed by atoms with Gasteiger partial charge in [0.25, 0.3) is 5.56 Å². The van der Waals surface area contributed by atoms with Gasteiger partial charge in [0.05, 0.1) is 30.1 Å². The fraction of sp³-hybridized carbons (Fsp3) is 0.316. The molecule has 8 nitrogen and oxygen atoms in total. The maximum absolute atomic E-state index is 12.9. The van der Waals surface area contributed by atoms with Gasteiger partial charge in [0.15, 0.2) is 11.3 Å². The zero-order valence-electron chi connectivity index (χ0n) is 16.2. The minimum absolute atomic E-state index is 0.00866. The Labute approximate surface area is 188 Å². The standard InChI is InChI=1S/C19H15Cl2F3N4O4/c20-10-1-2-11(12(21)7-10)13-9-28-15(17(29)25-13)16(32-18(30)19(22,23)24)14(26-28)8-27-3-5-31-6-4-27/h1-2,7,9H,3-6,8H2,(H,25,29). The highest BCUT2D eigenvalue weighted by atomic mass is 35.5. The molecule has 0 spiro atoms. The lowest BCUT2D eigenvalue weighted by Gasteiger charge is -2.25. The molecule has 4 rings (SSSR count). The maximum Gasteiger partial charge on any atom is 0.491 e. The molecule has 170 valence electrons. The third-order valence-corrected chi connectivity index (χ3v) is 5.32. The van der Waals surface area contributed by atoms with E-state index < -0.39 is 23.5 Å². The minimum Gasteiger partial charge on any atom is -0.415 e. The maximum atomic E-state index is 12.9. The highest BCUT2D eigenvalue weighted by Crippen LogP contribution is 2.31. The van der Waals surface area contributed by atoms with Crippen LogP contribution < -0.4 is 10.3 Å². The van der Waals surface area contributed by atoms with Crippen LogP contribution in [0.1, 0.15) is 5.69 Å². The van der Waals surface area contributed by atoms with Gasteiger partial charge in [-0.15, -0.1) is 0 Å². The van der Waals surface area contributed by atoms with Gasteiger partial charge in [0.2, 0.25) is 0 Å². The van der Waals surface area contributed by atoms with Crippen LogP contribution in [0.25, 0.3) is 16.8 Å². The lowest BCUT2D eigenvalue weighted by atomic mass is 10.1. The largest absolute Gasteiger partial charge is 0.491 e. The second kappa shape index (κ2) is 8.74. The molecular formula is C19H15Cl2F3N4O4. The average molecular weight is 491 g/mol. The van der Waals surface area contributed by atoms with Crippen LogP contribution in [0.5, 0.6) is 5.75 Å². The molecule has 0 radical (unpaired) electrons. The van der Waals surface area contributed by atoms with E-state index in [1.807, 2.05) is 4.90 Å². The monoisotopic (exact) mass is 490 g/mol. The molecule has 3 aromatic rings. The van der Waals surface area contributed by atoms with Gasteiger partial charge in [-0.2, -0.15) is 18.3 Å². The van der Waals surface area contributed by atoms with E-state index in [2.05, 4.69) is 14.8 Å². The van der Waals surface area contributed by atoms with E-state index in [1.54, 1.807) is 12.1 Å². The van der Waals surface area contributed by atoms with Crippen molar-refractivity contribution >= 4 is 34.7 Å². The molecule has 0 aliphatic carbocycles. The quantitative estimate of drug-likeness (QED) is 0.564. The Bertz CT molecular complexity index is 1240. The van der Waals surface area contributed by atoms with Gasteiger partial charge in [-0.25, -0.2) is 9.31 Å². The van der Waals surface area contributed by atoms with Crippen LogP contribution in [0.2, 0.25) is 10.0 Å². The van der Waals surface area contributed by atoms with Crippen molar-refractivity contribution in [2.75, 3.05) is 26.3 Å². The third-order valence-electron chi connectivity index (χ3n) is 4.77. The van der Waals surface area contributed by atoms with Crippen LogP contribution in [-0.2, 0) is 16.1 Å². The summed E-state index contributed by atoms with van der Waals surface area (Å²) in [6.07, 6.45) is -3.87. The molecule has 1 aliphatic rings. The van der Waals surface area contributed by atoms with Gasteiger partial charge in [-0.05, 0) is 18.2 Å². The fourth-order valence-corrected chi connectivity index (χ4v) is 3.79. The molecule has 2 aromatic heterocycles. The number of ether oxygens (including phenoxy) is 2. The molecule has 0 atom stereocenters. The van der Waals surface area contributed by atoms with Crippen molar-refractivity contribution in [2.45, 2.75) is 12.7 Å². The number of H-pyrrole nitrogens is 1. The van der Waals surface area contributed by atoms with Crippen LogP contribution in [0.3, 0.4) is 0 Å². The van der Waals surface area contributed by atoms with Crippen LogP contribution in [0.15, 0.2) is 29.2 Å². The predicted octanol–water partition coefficient (Wildman–Crippen LogP) is 3.30. The van der Waals surface area contributed by atoms with E-state index >= 15 is 0 Å². The second-order valence-corrected chi connectivity index (χ2v) is 7.81. The van der Waals surface area contributed by atoms with Gasteiger partial charge in [0, 0.05) is 30.2 Å². The topological polar surface area (TPSA) is 88.9 Å². The molecule has 1 N–H and O–H groups in total. The first-order valence-electron chi connectivity index (χ1n) is 9.32. The van der Waals surface area contributed by atoms with Crippen molar-refractivity contribution in [3.8, 4) is 17.0 Å². The summed E-state index contributed by atoms with van der Waals surface area (Å²) in [5.41, 5.74) is -0.458. The summed E-state index contributed by atoms with van der Waals surface area (Å²) < 4.78 is 49.5. The van der Waals surface area contributed by atoms with Gasteiger partial charge in [0.1, 0.15) is 5.69 Å². The van der Waals surface area contributed by atoms with Crippen LogP contribution in [0.4, 0.5) is 13.2 Å². The molecule has 0 saturated carbocycles. The summed E-state index contributed by atoms with van der Waals surface area (Å²) in [5, 5.41) is 4.87. The van der Waals surface area contributed by atoms with Gasteiger partial charge in [-0.3, -0.25) is 9.69 Å². The third kappa shape index (κ3) is 4.60. The zero-order valence-corrected chi connectivity index (χ0v) is 17.7. The van der Waals surface area contributed by atoms with E-state index in [4.69, 9.17) is 27.9 Å². The highest BCUT2D eigenvalue weighted by Gasteiger charge is 2.42. The van der Waals surface area contributed by atoms with Crippen molar-refractivity contribution in [2.24, 2.45) is 0 Å². The van der Waals surface area contributed by atoms with Crippen molar-refractivity contribution in [3.63, 3.8) is 0 Å². The van der Waals surface area contributed by atoms with Crippen molar-refractivity contribution in [1.29, 1.82) is 0 Å². The number of alkyl halides is 3. The minimum atomic E-state index is -5.24. The summed E-state index contributed by atoms with van der Waals surface area (Å²) in [6, 6.07) is 4.61. The molecule has 1 aliphatic heterocycles. The molecule has 0 unspecified atom stereocenters. The number of rotatable bonds is 4. The summed E-state index contributed by atoms with van der Waals surface area (Å²) in [5.74, 6) is -2.99. The smallest absolute Gasteiger partial charge is 0.415 e. The number of morpholine rings is 1. The first-order chi connectivity index (χ1) is 15.1. The number of esters is 1.